The minimum atomic E-state index is 1.08. The van der Waals surface area contributed by atoms with E-state index in [1.807, 2.05) is 0 Å². The van der Waals surface area contributed by atoms with Crippen molar-refractivity contribution in [3.05, 3.63) is 42.3 Å². The molecule has 0 aliphatic carbocycles. The van der Waals surface area contributed by atoms with Crippen molar-refractivity contribution in [2.45, 2.75) is 0 Å². The molecule has 1 saturated heterocycles. The molecule has 1 aromatic rings. The number of nitrogens with zero attached hydrogens (tertiary/aromatic N) is 1. The summed E-state index contributed by atoms with van der Waals surface area (Å²) in [4.78, 5) is 2.48. The zero-order valence-corrected chi connectivity index (χ0v) is 8.45. The second-order valence-corrected chi connectivity index (χ2v) is 3.67. The van der Waals surface area contributed by atoms with Crippen molar-refractivity contribution in [1.29, 1.82) is 0 Å². The molecule has 1 aromatic carbocycles. The highest BCUT2D eigenvalue weighted by Gasteiger charge is 2.08. The lowest BCUT2D eigenvalue weighted by molar-refractivity contribution is 0.259. The molecule has 1 fully saturated rings. The Morgan fingerprint density at radius 1 is 1.14 bits per heavy atom. The van der Waals surface area contributed by atoms with Crippen molar-refractivity contribution in [1.82, 2.24) is 10.2 Å². The van der Waals surface area contributed by atoms with Crippen LogP contribution in [0.3, 0.4) is 0 Å². The van der Waals surface area contributed by atoms with Crippen LogP contribution in [0.4, 0.5) is 0 Å². The van der Waals surface area contributed by atoms with Crippen LogP contribution in [0.1, 0.15) is 5.56 Å². The van der Waals surface area contributed by atoms with Gasteiger partial charge in [0.05, 0.1) is 0 Å². The summed E-state index contributed by atoms with van der Waals surface area (Å²) in [6.07, 6.45) is 2.30. The van der Waals surface area contributed by atoms with Gasteiger partial charge in [-0.05, 0) is 5.56 Å². The molecule has 0 unspecified atom stereocenters. The second kappa shape index (κ2) is 5.13. The largest absolute Gasteiger partial charge is 0.314 e. The van der Waals surface area contributed by atoms with Crippen molar-refractivity contribution in [2.24, 2.45) is 0 Å². The summed E-state index contributed by atoms with van der Waals surface area (Å²) >= 11 is 0. The Labute approximate surface area is 85.9 Å². The van der Waals surface area contributed by atoms with Crippen molar-refractivity contribution < 1.29 is 0 Å². The van der Waals surface area contributed by atoms with Gasteiger partial charge in [0, 0.05) is 39.1 Å². The third-order valence-corrected chi connectivity index (χ3v) is 2.59. The fourth-order valence-corrected chi connectivity index (χ4v) is 1.72. The van der Waals surface area contributed by atoms with Crippen molar-refractivity contribution in [3.63, 3.8) is 0 Å². The molecule has 0 amide bonds. The van der Waals surface area contributed by atoms with Crippen LogP contribution in [-0.2, 0) is 0 Å². The van der Waals surface area contributed by atoms with Gasteiger partial charge in [0.2, 0.25) is 0 Å². The fourth-order valence-electron chi connectivity index (χ4n) is 1.72. The lowest BCUT2D eigenvalue weighted by Gasteiger charge is -2.26. The topological polar surface area (TPSA) is 15.3 Å². The van der Waals surface area contributed by atoms with Crippen molar-refractivity contribution in [2.75, 3.05) is 32.7 Å². The lowest BCUT2D eigenvalue weighted by atomic mass is 10.1. The third-order valence-electron chi connectivity index (χ3n) is 2.59. The first-order chi connectivity index (χ1) is 6.95. The molecule has 1 aliphatic rings. The van der Waals surface area contributed by atoms with E-state index in [9.17, 15) is 0 Å². The minimum absolute atomic E-state index is 1.08. The molecular formula is C12H17N2. The predicted molar refractivity (Wildman–Crippen MR) is 59.2 cm³/mol. The Kier molecular flexibility index (Phi) is 3.55. The molecule has 14 heavy (non-hydrogen) atoms. The Morgan fingerprint density at radius 2 is 1.86 bits per heavy atom. The third kappa shape index (κ3) is 2.82. The zero-order chi connectivity index (χ0) is 9.64. The first-order valence-electron chi connectivity index (χ1n) is 5.26. The maximum Gasteiger partial charge on any atom is 0.0108 e. The van der Waals surface area contributed by atoms with Gasteiger partial charge in [-0.1, -0.05) is 30.3 Å². The molecule has 0 aromatic heterocycles. The highest BCUT2D eigenvalue weighted by Crippen LogP contribution is 2.03. The van der Waals surface area contributed by atoms with Gasteiger partial charge in [0.15, 0.2) is 0 Å². The van der Waals surface area contributed by atoms with Crippen LogP contribution in [0.2, 0.25) is 0 Å². The summed E-state index contributed by atoms with van der Waals surface area (Å²) < 4.78 is 0. The number of benzene rings is 1. The molecule has 1 radical (unpaired) electrons. The van der Waals surface area contributed by atoms with Gasteiger partial charge in [-0.15, -0.1) is 0 Å². The maximum atomic E-state index is 3.36. The van der Waals surface area contributed by atoms with Crippen LogP contribution in [0.25, 0.3) is 0 Å². The van der Waals surface area contributed by atoms with Crippen LogP contribution in [0.15, 0.2) is 30.3 Å². The smallest absolute Gasteiger partial charge is 0.0108 e. The van der Waals surface area contributed by atoms with Gasteiger partial charge in [0.25, 0.3) is 0 Å². The van der Waals surface area contributed by atoms with E-state index in [4.69, 9.17) is 0 Å². The van der Waals surface area contributed by atoms with E-state index in [1.54, 1.807) is 0 Å². The van der Waals surface area contributed by atoms with E-state index in [-0.39, 0.29) is 0 Å². The molecule has 2 rings (SSSR count). The second-order valence-electron chi connectivity index (χ2n) is 3.67. The van der Waals surface area contributed by atoms with Gasteiger partial charge in [-0.3, -0.25) is 0 Å². The van der Waals surface area contributed by atoms with Gasteiger partial charge < -0.3 is 10.2 Å². The van der Waals surface area contributed by atoms with Crippen LogP contribution in [0.5, 0.6) is 0 Å². The SMILES string of the molecule is [CH](CN1CCNCC1)c1ccccc1. The Morgan fingerprint density at radius 3 is 2.57 bits per heavy atom. The average molecular weight is 189 g/mol. The van der Waals surface area contributed by atoms with E-state index in [0.717, 1.165) is 19.6 Å². The first-order valence-corrected chi connectivity index (χ1v) is 5.26. The van der Waals surface area contributed by atoms with Crippen molar-refractivity contribution in [3.8, 4) is 0 Å². The molecule has 75 valence electrons. The molecule has 2 nitrogen and oxygen atoms in total. The number of rotatable bonds is 3. The van der Waals surface area contributed by atoms with Crippen LogP contribution in [0, 0.1) is 6.42 Å². The summed E-state index contributed by atoms with van der Waals surface area (Å²) in [6, 6.07) is 10.5. The summed E-state index contributed by atoms with van der Waals surface area (Å²) in [5.41, 5.74) is 1.33. The quantitative estimate of drug-likeness (QED) is 0.767. The Bertz CT molecular complexity index is 252. The molecule has 1 aliphatic heterocycles. The highest BCUT2D eigenvalue weighted by molar-refractivity contribution is 5.22. The van der Waals surface area contributed by atoms with Crippen LogP contribution in [-0.4, -0.2) is 37.6 Å². The molecule has 0 atom stereocenters. The average Bonchev–Trinajstić information content (AvgIpc) is 2.29. The summed E-state index contributed by atoms with van der Waals surface area (Å²) in [5, 5.41) is 3.36. The van der Waals surface area contributed by atoms with E-state index in [2.05, 4.69) is 47.0 Å². The van der Waals surface area contributed by atoms with Gasteiger partial charge >= 0.3 is 0 Å². The van der Waals surface area contributed by atoms with E-state index in [0.29, 0.717) is 0 Å². The van der Waals surface area contributed by atoms with Crippen molar-refractivity contribution >= 4 is 0 Å². The Hall–Kier alpha value is -0.860. The predicted octanol–water partition coefficient (Wildman–Crippen LogP) is 1.14. The van der Waals surface area contributed by atoms with Gasteiger partial charge in [-0.25, -0.2) is 0 Å². The number of hydrogen-bond acceptors (Lipinski definition) is 2. The van der Waals surface area contributed by atoms with Crippen LogP contribution < -0.4 is 5.32 Å². The molecule has 0 bridgehead atoms. The summed E-state index contributed by atoms with van der Waals surface area (Å²) in [5.74, 6) is 0. The summed E-state index contributed by atoms with van der Waals surface area (Å²) in [7, 11) is 0. The Balaban J connectivity index is 1.76. The minimum Gasteiger partial charge on any atom is -0.314 e. The van der Waals surface area contributed by atoms with Crippen LogP contribution >= 0.6 is 0 Å². The van der Waals surface area contributed by atoms with E-state index < -0.39 is 0 Å². The molecule has 0 spiro atoms. The molecular weight excluding hydrogens is 172 g/mol. The molecule has 2 heteroatoms. The normalized spacial score (nSPS) is 18.3. The summed E-state index contributed by atoms with van der Waals surface area (Å²) in [6.45, 7) is 5.67. The molecule has 1 N–H and O–H groups in total. The zero-order valence-electron chi connectivity index (χ0n) is 8.45. The molecule has 0 saturated carbocycles. The lowest BCUT2D eigenvalue weighted by Crippen LogP contribution is -2.43. The monoisotopic (exact) mass is 189 g/mol. The number of nitrogens with one attached hydrogen (secondary N) is 1. The number of piperazine rings is 1. The highest BCUT2D eigenvalue weighted by atomic mass is 15.2. The standard InChI is InChI=1S/C12H17N2/c1-2-4-12(5-3-1)6-9-14-10-7-13-8-11-14/h1-6,13H,7-11H2. The molecule has 1 heterocycles. The maximum absolute atomic E-state index is 3.36. The van der Waals surface area contributed by atoms with E-state index >= 15 is 0 Å². The first kappa shape index (κ1) is 9.69. The van der Waals surface area contributed by atoms with E-state index in [1.165, 1.54) is 18.7 Å². The fraction of sp³-hybridized carbons (Fsp3) is 0.417. The number of hydrogen-bond donors (Lipinski definition) is 1. The van der Waals surface area contributed by atoms with Gasteiger partial charge in [0.1, 0.15) is 0 Å². The van der Waals surface area contributed by atoms with Gasteiger partial charge in [-0.2, -0.15) is 0 Å².